The topological polar surface area (TPSA) is 58.6 Å². The molecule has 2 bridgehead atoms. The van der Waals surface area contributed by atoms with Crippen LogP contribution in [0.2, 0.25) is 5.15 Å². The molecule has 0 aromatic carbocycles. The molecule has 1 amide bonds. The minimum Gasteiger partial charge on any atom is -0.444 e. The molecule has 6 nitrogen and oxygen atoms in total. The number of hydrogen-bond acceptors (Lipinski definition) is 5. The second-order valence-corrected chi connectivity index (χ2v) is 7.26. The van der Waals surface area contributed by atoms with Crippen molar-refractivity contribution in [2.75, 3.05) is 18.0 Å². The first-order valence-electron chi connectivity index (χ1n) is 7.57. The van der Waals surface area contributed by atoms with E-state index in [2.05, 4.69) is 14.9 Å². The number of anilines is 1. The number of hydrogen-bond donors (Lipinski definition) is 0. The minimum atomic E-state index is -0.464. The Morgan fingerprint density at radius 1 is 1.27 bits per heavy atom. The van der Waals surface area contributed by atoms with Gasteiger partial charge in [0, 0.05) is 19.2 Å². The average Bonchev–Trinajstić information content (AvgIpc) is 2.68. The van der Waals surface area contributed by atoms with Crippen LogP contribution in [0.15, 0.2) is 12.4 Å². The molecule has 120 valence electrons. The first kappa shape index (κ1) is 15.3. The summed E-state index contributed by atoms with van der Waals surface area (Å²) in [6, 6.07) is 2.11. The number of carbonyl (C=O) groups is 1. The maximum Gasteiger partial charge on any atom is 0.410 e. The zero-order valence-electron chi connectivity index (χ0n) is 13.1. The van der Waals surface area contributed by atoms with Crippen LogP contribution in [0.1, 0.15) is 33.6 Å². The molecule has 1 aromatic rings. The Bertz CT molecular complexity index is 561. The zero-order valence-corrected chi connectivity index (χ0v) is 13.9. The Morgan fingerprint density at radius 3 is 2.45 bits per heavy atom. The first-order chi connectivity index (χ1) is 10.3. The Hall–Kier alpha value is -1.56. The quantitative estimate of drug-likeness (QED) is 0.743. The average molecular weight is 325 g/mol. The summed E-state index contributed by atoms with van der Waals surface area (Å²) in [5, 5.41) is 0.437. The van der Waals surface area contributed by atoms with Crippen LogP contribution in [0, 0.1) is 0 Å². The van der Waals surface area contributed by atoms with Crippen LogP contribution in [-0.2, 0) is 4.74 Å². The molecule has 0 radical (unpaired) electrons. The highest BCUT2D eigenvalue weighted by molar-refractivity contribution is 6.29. The molecular formula is C15H21ClN4O2. The van der Waals surface area contributed by atoms with Crippen molar-refractivity contribution in [2.24, 2.45) is 0 Å². The maximum atomic E-state index is 12.4. The van der Waals surface area contributed by atoms with Crippen LogP contribution in [0.5, 0.6) is 0 Å². The monoisotopic (exact) mass is 324 g/mol. The second kappa shape index (κ2) is 5.57. The molecule has 2 atom stereocenters. The molecular weight excluding hydrogens is 304 g/mol. The predicted octanol–water partition coefficient (Wildman–Crippen LogP) is 2.72. The van der Waals surface area contributed by atoms with Gasteiger partial charge in [-0.1, -0.05) is 11.6 Å². The Labute approximate surface area is 135 Å². The molecule has 2 fully saturated rings. The number of piperazine rings is 1. The van der Waals surface area contributed by atoms with E-state index in [4.69, 9.17) is 16.3 Å². The SMILES string of the molecule is CC(C)(C)OC(=O)N1[C@@H]2CC[C@H]1CN(c1cc(Cl)ncn1)C2. The summed E-state index contributed by atoms with van der Waals surface area (Å²) >= 11 is 5.94. The molecule has 3 heterocycles. The smallest absolute Gasteiger partial charge is 0.410 e. The Morgan fingerprint density at radius 2 is 1.91 bits per heavy atom. The van der Waals surface area contributed by atoms with Gasteiger partial charge in [-0.05, 0) is 33.6 Å². The summed E-state index contributed by atoms with van der Waals surface area (Å²) in [6.45, 7) is 7.19. The number of halogens is 1. The molecule has 2 saturated heterocycles. The van der Waals surface area contributed by atoms with Gasteiger partial charge < -0.3 is 9.64 Å². The van der Waals surface area contributed by atoms with Gasteiger partial charge in [0.05, 0.1) is 12.1 Å². The molecule has 0 spiro atoms. The molecule has 7 heteroatoms. The summed E-state index contributed by atoms with van der Waals surface area (Å²) in [7, 11) is 0. The summed E-state index contributed by atoms with van der Waals surface area (Å²) in [6.07, 6.45) is 3.26. The van der Waals surface area contributed by atoms with Crippen molar-refractivity contribution in [2.45, 2.75) is 51.3 Å². The lowest BCUT2D eigenvalue weighted by Crippen LogP contribution is -2.57. The molecule has 2 aliphatic heterocycles. The lowest BCUT2D eigenvalue weighted by molar-refractivity contribution is 0.0122. The molecule has 0 aliphatic carbocycles. The number of nitrogens with zero attached hydrogens (tertiary/aromatic N) is 4. The van der Waals surface area contributed by atoms with Crippen molar-refractivity contribution >= 4 is 23.5 Å². The van der Waals surface area contributed by atoms with Crippen LogP contribution in [-0.4, -0.2) is 51.7 Å². The fourth-order valence-electron chi connectivity index (χ4n) is 3.20. The fourth-order valence-corrected chi connectivity index (χ4v) is 3.34. The third kappa shape index (κ3) is 3.11. The number of aromatic nitrogens is 2. The molecule has 2 aliphatic rings. The first-order valence-corrected chi connectivity index (χ1v) is 7.95. The van der Waals surface area contributed by atoms with Gasteiger partial charge in [-0.3, -0.25) is 4.90 Å². The van der Waals surface area contributed by atoms with Gasteiger partial charge in [0.15, 0.2) is 0 Å². The maximum absolute atomic E-state index is 12.4. The Kier molecular flexibility index (Phi) is 3.89. The van der Waals surface area contributed by atoms with Gasteiger partial charge >= 0.3 is 6.09 Å². The van der Waals surface area contributed by atoms with E-state index >= 15 is 0 Å². The van der Waals surface area contributed by atoms with Crippen LogP contribution in [0.25, 0.3) is 0 Å². The molecule has 0 saturated carbocycles. The van der Waals surface area contributed by atoms with Gasteiger partial charge in [-0.15, -0.1) is 0 Å². The second-order valence-electron chi connectivity index (χ2n) is 6.88. The molecule has 0 unspecified atom stereocenters. The summed E-state index contributed by atoms with van der Waals surface area (Å²) in [5.41, 5.74) is -0.464. The van der Waals surface area contributed by atoms with Crippen molar-refractivity contribution < 1.29 is 9.53 Å². The normalized spacial score (nSPS) is 24.5. The van der Waals surface area contributed by atoms with Crippen molar-refractivity contribution in [3.05, 3.63) is 17.5 Å². The number of carbonyl (C=O) groups excluding carboxylic acids is 1. The third-order valence-corrected chi connectivity index (χ3v) is 4.24. The fraction of sp³-hybridized carbons (Fsp3) is 0.667. The molecule has 1 aromatic heterocycles. The van der Waals surface area contributed by atoms with Crippen molar-refractivity contribution in [1.29, 1.82) is 0 Å². The summed E-state index contributed by atoms with van der Waals surface area (Å²) in [4.78, 5) is 24.7. The van der Waals surface area contributed by atoms with Gasteiger partial charge in [0.1, 0.15) is 22.9 Å². The van der Waals surface area contributed by atoms with E-state index in [1.807, 2.05) is 25.7 Å². The number of fused-ring (bicyclic) bond motifs is 2. The number of ether oxygens (including phenoxy) is 1. The minimum absolute atomic E-state index is 0.169. The van der Waals surface area contributed by atoms with Crippen LogP contribution >= 0.6 is 11.6 Å². The van der Waals surface area contributed by atoms with Crippen molar-refractivity contribution in [3.8, 4) is 0 Å². The predicted molar refractivity (Wildman–Crippen MR) is 84.1 cm³/mol. The van der Waals surface area contributed by atoms with E-state index in [-0.39, 0.29) is 18.2 Å². The van der Waals surface area contributed by atoms with E-state index in [1.54, 1.807) is 6.07 Å². The highest BCUT2D eigenvalue weighted by Crippen LogP contribution is 2.33. The molecule has 0 N–H and O–H groups in total. The van der Waals surface area contributed by atoms with E-state index < -0.39 is 5.60 Å². The van der Waals surface area contributed by atoms with E-state index in [1.165, 1.54) is 6.33 Å². The third-order valence-electron chi connectivity index (χ3n) is 4.03. The highest BCUT2D eigenvalue weighted by atomic mass is 35.5. The van der Waals surface area contributed by atoms with Crippen molar-refractivity contribution in [3.63, 3.8) is 0 Å². The standard InChI is InChI=1S/C15H21ClN4O2/c1-15(2,3)22-14(21)20-10-4-5-11(20)8-19(7-10)13-6-12(16)17-9-18-13/h6,9-11H,4-5,7-8H2,1-3H3/t10-,11+. The number of amides is 1. The van der Waals surface area contributed by atoms with E-state index in [0.717, 1.165) is 31.7 Å². The molecule has 3 rings (SSSR count). The van der Waals surface area contributed by atoms with Gasteiger partial charge in [-0.2, -0.15) is 0 Å². The van der Waals surface area contributed by atoms with Gasteiger partial charge in [0.2, 0.25) is 0 Å². The zero-order chi connectivity index (χ0) is 15.9. The lowest BCUT2D eigenvalue weighted by atomic mass is 10.2. The van der Waals surface area contributed by atoms with Crippen LogP contribution < -0.4 is 4.90 Å². The van der Waals surface area contributed by atoms with Gasteiger partial charge in [-0.25, -0.2) is 14.8 Å². The van der Waals surface area contributed by atoms with E-state index in [9.17, 15) is 4.79 Å². The van der Waals surface area contributed by atoms with Gasteiger partial charge in [0.25, 0.3) is 0 Å². The largest absolute Gasteiger partial charge is 0.444 e. The summed E-state index contributed by atoms with van der Waals surface area (Å²) < 4.78 is 5.54. The van der Waals surface area contributed by atoms with Crippen LogP contribution in [0.3, 0.4) is 0 Å². The van der Waals surface area contributed by atoms with E-state index in [0.29, 0.717) is 5.15 Å². The highest BCUT2D eigenvalue weighted by Gasteiger charge is 2.44. The lowest BCUT2D eigenvalue weighted by Gasteiger charge is -2.41. The van der Waals surface area contributed by atoms with Crippen LogP contribution in [0.4, 0.5) is 10.6 Å². The number of rotatable bonds is 1. The summed E-state index contributed by atoms with van der Waals surface area (Å²) in [5.74, 6) is 0.820. The van der Waals surface area contributed by atoms with Crippen molar-refractivity contribution in [1.82, 2.24) is 14.9 Å². The molecule has 22 heavy (non-hydrogen) atoms. The Balaban J connectivity index is 1.73.